The number of rotatable bonds is 4. The van der Waals surface area contributed by atoms with Crippen molar-refractivity contribution in [2.24, 2.45) is 5.73 Å². The third kappa shape index (κ3) is 3.96. The first-order chi connectivity index (χ1) is 7.29. The average Bonchev–Trinajstić information content (AvgIpc) is 2.15. The molecule has 0 bridgehead atoms. The van der Waals surface area contributed by atoms with Crippen LogP contribution in [0.4, 0.5) is 0 Å². The Hall–Kier alpha value is -0.843. The number of aliphatic hydroxyl groups excluding tert-OH is 1. The van der Waals surface area contributed by atoms with Crippen LogP contribution in [0.15, 0.2) is 24.3 Å². The van der Waals surface area contributed by atoms with E-state index in [0.29, 0.717) is 0 Å². The van der Waals surface area contributed by atoms with Crippen LogP contribution in [-0.2, 0) is 0 Å². The Balaban J connectivity index is 2.76. The highest BCUT2D eigenvalue weighted by Gasteiger charge is 2.17. The van der Waals surface area contributed by atoms with E-state index in [1.54, 1.807) is 6.92 Å². The van der Waals surface area contributed by atoms with Crippen molar-refractivity contribution in [3.05, 3.63) is 29.8 Å². The van der Waals surface area contributed by atoms with Crippen molar-refractivity contribution in [3.63, 3.8) is 0 Å². The lowest BCUT2D eigenvalue weighted by Gasteiger charge is -2.20. The highest BCUT2D eigenvalue weighted by Crippen LogP contribution is 2.20. The topological polar surface area (TPSA) is 55.5 Å². The van der Waals surface area contributed by atoms with Gasteiger partial charge in [0.25, 0.3) is 0 Å². The van der Waals surface area contributed by atoms with E-state index in [4.69, 9.17) is 10.2 Å². The minimum Gasteiger partial charge on any atom is -0.544 e. The van der Waals surface area contributed by atoms with Gasteiger partial charge in [0.2, 0.25) is 8.32 Å². The standard InChI is InChI=1S/C12H21NO2Si/c1-9(14)12(13)10-5-7-11(8-6-10)15-16(2,3)4/h5-9,12,14H,13H2,1-4H3/t9-,12-/m1/s1. The first-order valence-electron chi connectivity index (χ1n) is 5.52. The lowest BCUT2D eigenvalue weighted by atomic mass is 10.0. The second-order valence-electron chi connectivity index (χ2n) is 5.05. The molecule has 0 spiro atoms. The molecule has 16 heavy (non-hydrogen) atoms. The van der Waals surface area contributed by atoms with Crippen LogP contribution >= 0.6 is 0 Å². The van der Waals surface area contributed by atoms with E-state index < -0.39 is 14.4 Å². The number of hydrogen-bond donors (Lipinski definition) is 2. The number of benzene rings is 1. The van der Waals surface area contributed by atoms with Crippen molar-refractivity contribution in [1.82, 2.24) is 0 Å². The summed E-state index contributed by atoms with van der Waals surface area (Å²) in [5.74, 6) is 0.876. The van der Waals surface area contributed by atoms with Crippen molar-refractivity contribution in [2.45, 2.75) is 38.7 Å². The van der Waals surface area contributed by atoms with Crippen LogP contribution in [-0.4, -0.2) is 19.5 Å². The molecule has 0 aliphatic heterocycles. The Kier molecular flexibility index (Phi) is 4.13. The van der Waals surface area contributed by atoms with E-state index in [2.05, 4.69) is 19.6 Å². The Morgan fingerprint density at radius 2 is 1.69 bits per heavy atom. The zero-order valence-corrected chi connectivity index (χ0v) is 11.4. The maximum atomic E-state index is 9.38. The molecule has 0 saturated carbocycles. The van der Waals surface area contributed by atoms with Gasteiger partial charge in [0.1, 0.15) is 5.75 Å². The third-order valence-corrected chi connectivity index (χ3v) is 3.06. The molecule has 0 amide bonds. The Morgan fingerprint density at radius 3 is 2.06 bits per heavy atom. The van der Waals surface area contributed by atoms with Crippen molar-refractivity contribution >= 4 is 8.32 Å². The second-order valence-corrected chi connectivity index (χ2v) is 9.48. The quantitative estimate of drug-likeness (QED) is 0.793. The SMILES string of the molecule is C[C@@H](O)[C@@H](N)c1ccc(O[Si](C)(C)C)cc1. The van der Waals surface area contributed by atoms with Gasteiger partial charge in [-0.05, 0) is 44.3 Å². The van der Waals surface area contributed by atoms with Gasteiger partial charge in [0, 0.05) is 0 Å². The van der Waals surface area contributed by atoms with E-state index in [0.717, 1.165) is 11.3 Å². The van der Waals surface area contributed by atoms with Crippen LogP contribution in [0.3, 0.4) is 0 Å². The van der Waals surface area contributed by atoms with Gasteiger partial charge < -0.3 is 15.3 Å². The molecule has 2 atom stereocenters. The molecule has 0 aliphatic rings. The van der Waals surface area contributed by atoms with Gasteiger partial charge in [0.15, 0.2) is 0 Å². The van der Waals surface area contributed by atoms with Crippen LogP contribution in [0.25, 0.3) is 0 Å². The molecule has 0 unspecified atom stereocenters. The smallest absolute Gasteiger partial charge is 0.242 e. The van der Waals surface area contributed by atoms with Crippen molar-refractivity contribution in [2.75, 3.05) is 0 Å². The van der Waals surface area contributed by atoms with Gasteiger partial charge in [0.05, 0.1) is 12.1 Å². The molecule has 90 valence electrons. The van der Waals surface area contributed by atoms with Crippen LogP contribution < -0.4 is 10.2 Å². The summed E-state index contributed by atoms with van der Waals surface area (Å²) in [6.07, 6.45) is -0.538. The minimum absolute atomic E-state index is 0.332. The zero-order valence-electron chi connectivity index (χ0n) is 10.4. The molecular formula is C12H21NO2Si. The summed E-state index contributed by atoms with van der Waals surface area (Å²) in [5.41, 5.74) is 6.76. The highest BCUT2D eigenvalue weighted by molar-refractivity contribution is 6.70. The van der Waals surface area contributed by atoms with E-state index in [1.165, 1.54) is 0 Å². The Morgan fingerprint density at radius 1 is 1.19 bits per heavy atom. The highest BCUT2D eigenvalue weighted by atomic mass is 28.4. The monoisotopic (exact) mass is 239 g/mol. The van der Waals surface area contributed by atoms with Crippen LogP contribution in [0.2, 0.25) is 19.6 Å². The Bertz CT molecular complexity index is 330. The molecule has 3 N–H and O–H groups in total. The average molecular weight is 239 g/mol. The molecule has 0 heterocycles. The van der Waals surface area contributed by atoms with Gasteiger partial charge in [-0.2, -0.15) is 0 Å². The Labute approximate surface area is 98.4 Å². The molecule has 4 heteroatoms. The predicted octanol–water partition coefficient (Wildman–Crippen LogP) is 2.28. The van der Waals surface area contributed by atoms with E-state index in [-0.39, 0.29) is 6.04 Å². The normalized spacial score (nSPS) is 15.6. The summed E-state index contributed by atoms with van der Waals surface area (Å²) in [5, 5.41) is 9.38. The molecule has 0 aromatic heterocycles. The van der Waals surface area contributed by atoms with Gasteiger partial charge >= 0.3 is 0 Å². The fraction of sp³-hybridized carbons (Fsp3) is 0.500. The molecule has 1 aromatic rings. The maximum absolute atomic E-state index is 9.38. The van der Waals surface area contributed by atoms with Crippen molar-refractivity contribution in [3.8, 4) is 5.75 Å². The summed E-state index contributed by atoms with van der Waals surface area (Å²) < 4.78 is 5.83. The molecule has 0 radical (unpaired) electrons. The fourth-order valence-electron chi connectivity index (χ4n) is 1.39. The lowest BCUT2D eigenvalue weighted by Crippen LogP contribution is -2.29. The molecule has 0 fully saturated rings. The first kappa shape index (κ1) is 13.2. The fourth-order valence-corrected chi connectivity index (χ4v) is 2.23. The number of hydrogen-bond acceptors (Lipinski definition) is 3. The summed E-state index contributed by atoms with van der Waals surface area (Å²) >= 11 is 0. The van der Waals surface area contributed by atoms with E-state index in [1.807, 2.05) is 24.3 Å². The minimum atomic E-state index is -1.55. The second kappa shape index (κ2) is 4.99. The van der Waals surface area contributed by atoms with Gasteiger partial charge in [-0.1, -0.05) is 12.1 Å². The molecule has 0 saturated heterocycles. The number of aliphatic hydroxyl groups is 1. The van der Waals surface area contributed by atoms with Crippen LogP contribution in [0, 0.1) is 0 Å². The van der Waals surface area contributed by atoms with Gasteiger partial charge in [-0.25, -0.2) is 0 Å². The third-order valence-electron chi connectivity index (χ3n) is 2.21. The van der Waals surface area contributed by atoms with Crippen LogP contribution in [0.5, 0.6) is 5.75 Å². The van der Waals surface area contributed by atoms with Crippen molar-refractivity contribution < 1.29 is 9.53 Å². The van der Waals surface area contributed by atoms with Gasteiger partial charge in [-0.3, -0.25) is 0 Å². The van der Waals surface area contributed by atoms with E-state index in [9.17, 15) is 5.11 Å². The molecule has 0 aliphatic carbocycles. The van der Waals surface area contributed by atoms with E-state index >= 15 is 0 Å². The summed E-state index contributed by atoms with van der Waals surface area (Å²) in [4.78, 5) is 0. The molecule has 3 nitrogen and oxygen atoms in total. The summed E-state index contributed by atoms with van der Waals surface area (Å²) in [6, 6.07) is 7.31. The summed E-state index contributed by atoms with van der Waals surface area (Å²) in [6.45, 7) is 8.12. The van der Waals surface area contributed by atoms with Gasteiger partial charge in [-0.15, -0.1) is 0 Å². The predicted molar refractivity (Wildman–Crippen MR) is 69.0 cm³/mol. The largest absolute Gasteiger partial charge is 0.544 e. The van der Waals surface area contributed by atoms with Crippen LogP contribution in [0.1, 0.15) is 18.5 Å². The lowest BCUT2D eigenvalue weighted by molar-refractivity contribution is 0.164. The maximum Gasteiger partial charge on any atom is 0.242 e. The first-order valence-corrected chi connectivity index (χ1v) is 8.93. The zero-order chi connectivity index (χ0) is 12.3. The molecule has 1 aromatic carbocycles. The molecular weight excluding hydrogens is 218 g/mol. The summed E-state index contributed by atoms with van der Waals surface area (Å²) in [7, 11) is -1.55. The van der Waals surface area contributed by atoms with Crippen molar-refractivity contribution in [1.29, 1.82) is 0 Å². The molecule has 1 rings (SSSR count). The number of nitrogens with two attached hydrogens (primary N) is 1.